The van der Waals surface area contributed by atoms with Gasteiger partial charge in [0.25, 0.3) is 5.91 Å². The summed E-state index contributed by atoms with van der Waals surface area (Å²) < 4.78 is 41.8. The third kappa shape index (κ3) is 6.15. The largest absolute Gasteiger partial charge is 0.452 e. The summed E-state index contributed by atoms with van der Waals surface area (Å²) in [5, 5.41) is 0.533. The van der Waals surface area contributed by atoms with E-state index in [4.69, 9.17) is 16.3 Å². The Labute approximate surface area is 185 Å². The summed E-state index contributed by atoms with van der Waals surface area (Å²) in [7, 11) is -1.65. The second kappa shape index (κ2) is 9.62. The molecule has 1 aliphatic rings. The third-order valence-electron chi connectivity index (χ3n) is 5.03. The average molecular weight is 466 g/mol. The van der Waals surface area contributed by atoms with Gasteiger partial charge in [0.1, 0.15) is 5.82 Å². The van der Waals surface area contributed by atoms with Crippen molar-refractivity contribution in [2.75, 3.05) is 25.2 Å². The van der Waals surface area contributed by atoms with Gasteiger partial charge >= 0.3 is 5.97 Å². The number of nitrogens with zero attached hydrogens (tertiary/aromatic N) is 1. The third-order valence-corrected chi connectivity index (χ3v) is 7.03. The van der Waals surface area contributed by atoms with Crippen molar-refractivity contribution in [1.29, 1.82) is 0 Å². The van der Waals surface area contributed by atoms with Crippen molar-refractivity contribution in [1.82, 2.24) is 4.90 Å². The number of hydrogen-bond donors (Lipinski definition) is 0. The molecule has 3 rings (SSSR count). The van der Waals surface area contributed by atoms with Gasteiger partial charge in [-0.2, -0.15) is 0 Å². The smallest absolute Gasteiger partial charge is 0.339 e. The number of halogens is 2. The van der Waals surface area contributed by atoms with Crippen LogP contribution in [0.2, 0.25) is 5.02 Å². The summed E-state index contributed by atoms with van der Waals surface area (Å²) in [6, 6.07) is 11.6. The number of sulfone groups is 1. The number of ether oxygens (including phenoxy) is 1. The van der Waals surface area contributed by atoms with Crippen molar-refractivity contribution in [3.05, 3.63) is 70.5 Å². The van der Waals surface area contributed by atoms with E-state index in [1.165, 1.54) is 36.2 Å². The highest BCUT2D eigenvalue weighted by molar-refractivity contribution is 7.91. The van der Waals surface area contributed by atoms with Crippen molar-refractivity contribution in [3.63, 3.8) is 0 Å². The minimum absolute atomic E-state index is 0.0353. The molecule has 9 heteroatoms. The molecule has 164 valence electrons. The molecular formula is C22H21ClFNO5S. The van der Waals surface area contributed by atoms with E-state index < -0.39 is 40.2 Å². The van der Waals surface area contributed by atoms with E-state index in [0.29, 0.717) is 22.6 Å². The molecule has 0 N–H and O–H groups in total. The van der Waals surface area contributed by atoms with E-state index in [9.17, 15) is 22.4 Å². The molecule has 2 aromatic carbocycles. The quantitative estimate of drug-likeness (QED) is 0.372. The lowest BCUT2D eigenvalue weighted by atomic mass is 10.0. The van der Waals surface area contributed by atoms with Gasteiger partial charge in [-0.25, -0.2) is 17.6 Å². The average Bonchev–Trinajstić information content (AvgIpc) is 3.11. The molecule has 1 atom stereocenters. The molecule has 0 spiro atoms. The maximum Gasteiger partial charge on any atom is 0.339 e. The molecule has 1 amide bonds. The van der Waals surface area contributed by atoms with Crippen LogP contribution in [0.15, 0.2) is 48.5 Å². The summed E-state index contributed by atoms with van der Waals surface area (Å²) >= 11 is 5.90. The molecule has 0 aromatic heterocycles. The number of benzene rings is 2. The van der Waals surface area contributed by atoms with Crippen LogP contribution in [0.1, 0.15) is 17.5 Å². The Morgan fingerprint density at radius 3 is 2.39 bits per heavy atom. The topological polar surface area (TPSA) is 80.8 Å². The number of esters is 1. The maximum absolute atomic E-state index is 13.3. The minimum atomic E-state index is -3.15. The van der Waals surface area contributed by atoms with Crippen molar-refractivity contribution in [3.8, 4) is 0 Å². The van der Waals surface area contributed by atoms with E-state index in [1.54, 1.807) is 30.3 Å². The standard InChI is InChI=1S/C22H21ClFNO5S/c1-25(19-10-11-31(28,29)14-19)21(26)13-30-22(27)20(16-4-8-18(24)9-5-16)12-15-2-6-17(23)7-3-15/h2-9,12,19H,10-11,13-14H2,1H3. The van der Waals surface area contributed by atoms with Crippen LogP contribution in [0, 0.1) is 5.82 Å². The fourth-order valence-electron chi connectivity index (χ4n) is 3.21. The molecule has 0 saturated carbocycles. The molecule has 1 fully saturated rings. The van der Waals surface area contributed by atoms with E-state index in [1.807, 2.05) is 0 Å². The SMILES string of the molecule is CN(C(=O)COC(=O)C(=Cc1ccc(Cl)cc1)c1ccc(F)cc1)C1CCS(=O)(=O)C1. The predicted octanol–water partition coefficient (Wildman–Crippen LogP) is 3.21. The first-order valence-electron chi connectivity index (χ1n) is 9.51. The van der Waals surface area contributed by atoms with Crippen LogP contribution >= 0.6 is 11.6 Å². The fourth-order valence-corrected chi connectivity index (χ4v) is 5.11. The molecule has 1 saturated heterocycles. The highest BCUT2D eigenvalue weighted by Crippen LogP contribution is 2.22. The first-order valence-corrected chi connectivity index (χ1v) is 11.7. The highest BCUT2D eigenvalue weighted by atomic mass is 35.5. The van der Waals surface area contributed by atoms with Gasteiger partial charge in [0, 0.05) is 18.1 Å². The number of carbonyl (C=O) groups is 2. The highest BCUT2D eigenvalue weighted by Gasteiger charge is 2.33. The molecule has 1 aliphatic heterocycles. The second-order valence-electron chi connectivity index (χ2n) is 7.25. The molecule has 1 heterocycles. The molecular weight excluding hydrogens is 445 g/mol. The number of carbonyl (C=O) groups excluding carboxylic acids is 2. The zero-order chi connectivity index (χ0) is 22.6. The summed E-state index contributed by atoms with van der Waals surface area (Å²) in [5.74, 6) is -1.78. The number of hydrogen-bond acceptors (Lipinski definition) is 5. The van der Waals surface area contributed by atoms with E-state index in [2.05, 4.69) is 0 Å². The minimum Gasteiger partial charge on any atom is -0.452 e. The molecule has 6 nitrogen and oxygen atoms in total. The Morgan fingerprint density at radius 1 is 1.16 bits per heavy atom. The van der Waals surface area contributed by atoms with Gasteiger partial charge in [0.15, 0.2) is 16.4 Å². The van der Waals surface area contributed by atoms with Crippen molar-refractivity contribution < 1.29 is 27.1 Å². The first kappa shape index (κ1) is 23.0. The number of amides is 1. The molecule has 2 aromatic rings. The first-order chi connectivity index (χ1) is 14.6. The molecule has 0 aliphatic carbocycles. The van der Waals surface area contributed by atoms with Crippen LogP contribution < -0.4 is 0 Å². The van der Waals surface area contributed by atoms with E-state index >= 15 is 0 Å². The van der Waals surface area contributed by atoms with Crippen LogP contribution in [-0.2, 0) is 24.2 Å². The number of rotatable bonds is 6. The summed E-state index contributed by atoms with van der Waals surface area (Å²) in [5.41, 5.74) is 1.23. The van der Waals surface area contributed by atoms with Crippen LogP contribution in [0.25, 0.3) is 11.6 Å². The Hall–Kier alpha value is -2.71. The Morgan fingerprint density at radius 2 is 1.81 bits per heavy atom. The zero-order valence-electron chi connectivity index (χ0n) is 16.8. The number of likely N-dealkylation sites (N-methyl/N-ethyl adjacent to an activating group) is 1. The fraction of sp³-hybridized carbons (Fsp3) is 0.273. The molecule has 31 heavy (non-hydrogen) atoms. The lowest BCUT2D eigenvalue weighted by Crippen LogP contribution is -2.40. The maximum atomic E-state index is 13.3. The Bertz CT molecular complexity index is 1100. The van der Waals surface area contributed by atoms with Crippen LogP contribution in [0.5, 0.6) is 0 Å². The van der Waals surface area contributed by atoms with E-state index in [-0.39, 0.29) is 17.1 Å². The normalized spacial score (nSPS) is 17.9. The van der Waals surface area contributed by atoms with Gasteiger partial charge in [0.05, 0.1) is 17.1 Å². The Balaban J connectivity index is 1.74. The van der Waals surface area contributed by atoms with Crippen molar-refractivity contribution in [2.45, 2.75) is 12.5 Å². The zero-order valence-corrected chi connectivity index (χ0v) is 18.3. The van der Waals surface area contributed by atoms with Gasteiger partial charge in [0.2, 0.25) is 0 Å². The Kier molecular flexibility index (Phi) is 7.12. The predicted molar refractivity (Wildman–Crippen MR) is 117 cm³/mol. The van der Waals surface area contributed by atoms with Crippen LogP contribution in [0.3, 0.4) is 0 Å². The summed E-state index contributed by atoms with van der Waals surface area (Å²) in [6.07, 6.45) is 1.92. The lowest BCUT2D eigenvalue weighted by Gasteiger charge is -2.23. The van der Waals surface area contributed by atoms with Gasteiger partial charge < -0.3 is 9.64 Å². The summed E-state index contributed by atoms with van der Waals surface area (Å²) in [4.78, 5) is 26.5. The molecule has 1 unspecified atom stereocenters. The molecule has 0 radical (unpaired) electrons. The van der Waals surface area contributed by atoms with Gasteiger partial charge in [-0.15, -0.1) is 0 Å². The van der Waals surface area contributed by atoms with Crippen molar-refractivity contribution >= 4 is 45.0 Å². The van der Waals surface area contributed by atoms with Gasteiger partial charge in [-0.1, -0.05) is 35.9 Å². The van der Waals surface area contributed by atoms with E-state index in [0.717, 1.165) is 0 Å². The monoisotopic (exact) mass is 465 g/mol. The van der Waals surface area contributed by atoms with Gasteiger partial charge in [-0.05, 0) is 47.9 Å². The van der Waals surface area contributed by atoms with Crippen LogP contribution in [0.4, 0.5) is 4.39 Å². The van der Waals surface area contributed by atoms with Gasteiger partial charge in [-0.3, -0.25) is 4.79 Å². The molecule has 0 bridgehead atoms. The van der Waals surface area contributed by atoms with Crippen LogP contribution in [-0.4, -0.2) is 56.4 Å². The van der Waals surface area contributed by atoms with Crippen molar-refractivity contribution in [2.24, 2.45) is 0 Å². The summed E-state index contributed by atoms with van der Waals surface area (Å²) in [6.45, 7) is -0.537. The second-order valence-corrected chi connectivity index (χ2v) is 9.92. The lowest BCUT2D eigenvalue weighted by molar-refractivity contribution is -0.147.